The number of rotatable bonds is 5. The van der Waals surface area contributed by atoms with Crippen LogP contribution in [0.3, 0.4) is 0 Å². The van der Waals surface area contributed by atoms with Gasteiger partial charge in [0.2, 0.25) is 0 Å². The number of primary amides is 1. The molecule has 7 rings (SSSR count). The van der Waals surface area contributed by atoms with Crippen LogP contribution in [0.25, 0.3) is 33.9 Å². The molecule has 0 bridgehead atoms. The van der Waals surface area contributed by atoms with E-state index in [9.17, 15) is 9.18 Å². The highest BCUT2D eigenvalue weighted by atomic mass is 32.2. The van der Waals surface area contributed by atoms with E-state index in [1.165, 1.54) is 23.9 Å². The highest BCUT2D eigenvalue weighted by molar-refractivity contribution is 8.04. The molecule has 0 radical (unpaired) electrons. The molecule has 1 aliphatic heterocycles. The van der Waals surface area contributed by atoms with Crippen molar-refractivity contribution in [1.82, 2.24) is 29.0 Å². The van der Waals surface area contributed by atoms with Gasteiger partial charge in [-0.2, -0.15) is 5.10 Å². The van der Waals surface area contributed by atoms with Gasteiger partial charge >= 0.3 is 0 Å². The molecule has 0 fully saturated rings. The number of pyridine rings is 2. The van der Waals surface area contributed by atoms with Crippen molar-refractivity contribution in [2.24, 2.45) is 5.73 Å². The standard InChI is InChI=1S/C29H21FN8OS/c1-17-27(28(31)39)40-29(19-11-13-32-14-12-19)38(17)24-16-37-23(33-24)10-9-21(35-37)26-25(18-5-7-20(30)8-6-18)34-22-4-2-3-15-36(22)26/h2-16,29H,1H3,(H2,31,39). The van der Waals surface area contributed by atoms with Crippen molar-refractivity contribution in [3.8, 4) is 22.6 Å². The van der Waals surface area contributed by atoms with Crippen molar-refractivity contribution in [2.45, 2.75) is 12.3 Å². The molecule has 9 nitrogen and oxygen atoms in total. The zero-order chi connectivity index (χ0) is 27.4. The van der Waals surface area contributed by atoms with E-state index in [1.807, 2.05) is 71.1 Å². The minimum absolute atomic E-state index is 0.237. The first-order valence-electron chi connectivity index (χ1n) is 12.4. The molecule has 0 spiro atoms. The van der Waals surface area contributed by atoms with Crippen LogP contribution in [0, 0.1) is 5.82 Å². The van der Waals surface area contributed by atoms with E-state index in [-0.39, 0.29) is 11.2 Å². The molecule has 0 aliphatic carbocycles. The summed E-state index contributed by atoms with van der Waals surface area (Å²) in [6.07, 6.45) is 7.20. The number of aromatic nitrogens is 6. The van der Waals surface area contributed by atoms with Crippen LogP contribution in [0.4, 0.5) is 10.2 Å². The highest BCUT2D eigenvalue weighted by Gasteiger charge is 2.36. The molecule has 1 amide bonds. The molecule has 5 aromatic heterocycles. The van der Waals surface area contributed by atoms with E-state index < -0.39 is 5.91 Å². The fourth-order valence-electron chi connectivity index (χ4n) is 4.97. The summed E-state index contributed by atoms with van der Waals surface area (Å²) in [5.74, 6) is -0.160. The number of fused-ring (bicyclic) bond motifs is 2. The number of carbonyl (C=O) groups excluding carboxylic acids is 1. The van der Waals surface area contributed by atoms with Crippen molar-refractivity contribution in [3.63, 3.8) is 0 Å². The monoisotopic (exact) mass is 548 g/mol. The molecule has 1 atom stereocenters. The number of benzene rings is 1. The van der Waals surface area contributed by atoms with Crippen LogP contribution in [0.5, 0.6) is 0 Å². The third-order valence-corrected chi connectivity index (χ3v) is 8.25. The van der Waals surface area contributed by atoms with Gasteiger partial charge in [-0.1, -0.05) is 17.8 Å². The lowest BCUT2D eigenvalue weighted by Gasteiger charge is -2.25. The Morgan fingerprint density at radius 2 is 1.77 bits per heavy atom. The van der Waals surface area contributed by atoms with Gasteiger partial charge in [0.25, 0.3) is 5.91 Å². The lowest BCUT2D eigenvalue weighted by molar-refractivity contribution is -0.113. The molecular weight excluding hydrogens is 527 g/mol. The third kappa shape index (κ3) is 3.90. The van der Waals surface area contributed by atoms with Gasteiger partial charge in [0, 0.05) is 29.9 Å². The molecule has 1 aromatic carbocycles. The number of hydrogen-bond acceptors (Lipinski definition) is 7. The Bertz CT molecular complexity index is 1950. The molecule has 1 aliphatic rings. The summed E-state index contributed by atoms with van der Waals surface area (Å²) in [6, 6.07) is 19.6. The maximum atomic E-state index is 13.7. The van der Waals surface area contributed by atoms with Gasteiger partial charge in [-0.3, -0.25) is 14.2 Å². The summed E-state index contributed by atoms with van der Waals surface area (Å²) in [5.41, 5.74) is 11.7. The molecule has 1 unspecified atom stereocenters. The normalized spacial score (nSPS) is 15.4. The van der Waals surface area contributed by atoms with Crippen LogP contribution < -0.4 is 10.6 Å². The lowest BCUT2D eigenvalue weighted by Crippen LogP contribution is -2.21. The van der Waals surface area contributed by atoms with Crippen LogP contribution in [-0.4, -0.2) is 34.9 Å². The quantitative estimate of drug-likeness (QED) is 0.315. The Hall–Kier alpha value is -5.03. The molecule has 0 saturated heterocycles. The summed E-state index contributed by atoms with van der Waals surface area (Å²) in [6.45, 7) is 1.87. The molecular formula is C29H21FN8OS. The average Bonchev–Trinajstić information content (AvgIpc) is 3.66. The number of halogens is 1. The Morgan fingerprint density at radius 1 is 0.975 bits per heavy atom. The summed E-state index contributed by atoms with van der Waals surface area (Å²) >= 11 is 1.39. The van der Waals surface area contributed by atoms with Gasteiger partial charge < -0.3 is 10.6 Å². The Balaban J connectivity index is 1.36. The maximum Gasteiger partial charge on any atom is 0.256 e. The zero-order valence-corrected chi connectivity index (χ0v) is 22.0. The van der Waals surface area contributed by atoms with E-state index in [0.29, 0.717) is 27.8 Å². The predicted molar refractivity (Wildman–Crippen MR) is 152 cm³/mol. The Kier molecular flexibility index (Phi) is 5.60. The number of amides is 1. The summed E-state index contributed by atoms with van der Waals surface area (Å²) in [5, 5.41) is 4.67. The van der Waals surface area contributed by atoms with Crippen molar-refractivity contribution in [1.29, 1.82) is 0 Å². The minimum Gasteiger partial charge on any atom is -0.365 e. The van der Waals surface area contributed by atoms with E-state index >= 15 is 0 Å². The van der Waals surface area contributed by atoms with Gasteiger partial charge in [-0.15, -0.1) is 0 Å². The highest BCUT2D eigenvalue weighted by Crippen LogP contribution is 2.49. The predicted octanol–water partition coefficient (Wildman–Crippen LogP) is 5.21. The number of carbonyl (C=O) groups is 1. The largest absolute Gasteiger partial charge is 0.365 e. The first-order valence-corrected chi connectivity index (χ1v) is 13.3. The molecule has 40 heavy (non-hydrogen) atoms. The van der Waals surface area contributed by atoms with Gasteiger partial charge in [0.05, 0.1) is 16.8 Å². The second-order valence-corrected chi connectivity index (χ2v) is 10.4. The van der Waals surface area contributed by atoms with Crippen molar-refractivity contribution < 1.29 is 9.18 Å². The number of nitrogens with zero attached hydrogens (tertiary/aromatic N) is 7. The van der Waals surface area contributed by atoms with Crippen LogP contribution in [0.1, 0.15) is 17.9 Å². The minimum atomic E-state index is -0.478. The van der Waals surface area contributed by atoms with Gasteiger partial charge in [0.1, 0.15) is 28.2 Å². The molecule has 6 aromatic rings. The zero-order valence-electron chi connectivity index (χ0n) is 21.1. The van der Waals surface area contributed by atoms with E-state index in [2.05, 4.69) is 4.98 Å². The number of hydrogen-bond donors (Lipinski definition) is 1. The van der Waals surface area contributed by atoms with Crippen LogP contribution in [0.2, 0.25) is 0 Å². The van der Waals surface area contributed by atoms with Crippen molar-refractivity contribution >= 4 is 34.8 Å². The second kappa shape index (κ2) is 9.31. The van der Waals surface area contributed by atoms with Gasteiger partial charge in [-0.05, 0) is 73.2 Å². The molecule has 0 saturated carbocycles. The van der Waals surface area contributed by atoms with Crippen molar-refractivity contribution in [2.75, 3.05) is 4.90 Å². The molecule has 2 N–H and O–H groups in total. The summed E-state index contributed by atoms with van der Waals surface area (Å²) < 4.78 is 17.4. The Labute approximate surface area is 231 Å². The molecule has 6 heterocycles. The average molecular weight is 549 g/mol. The van der Waals surface area contributed by atoms with E-state index in [0.717, 1.165) is 28.2 Å². The van der Waals surface area contributed by atoms with Gasteiger partial charge in [0.15, 0.2) is 11.5 Å². The van der Waals surface area contributed by atoms with E-state index in [4.69, 9.17) is 20.8 Å². The molecule has 196 valence electrons. The number of allylic oxidation sites excluding steroid dienone is 1. The smallest absolute Gasteiger partial charge is 0.256 e. The maximum absolute atomic E-state index is 13.7. The fourth-order valence-corrected chi connectivity index (χ4v) is 6.24. The number of imidazole rings is 2. The lowest BCUT2D eigenvalue weighted by atomic mass is 10.1. The summed E-state index contributed by atoms with van der Waals surface area (Å²) in [4.78, 5) is 28.5. The van der Waals surface area contributed by atoms with Crippen LogP contribution >= 0.6 is 11.8 Å². The fraction of sp³-hybridized carbons (Fsp3) is 0.0690. The van der Waals surface area contributed by atoms with Crippen LogP contribution in [-0.2, 0) is 4.79 Å². The molecule has 11 heteroatoms. The third-order valence-electron chi connectivity index (χ3n) is 6.81. The topological polar surface area (TPSA) is 107 Å². The Morgan fingerprint density at radius 3 is 2.55 bits per heavy atom. The van der Waals surface area contributed by atoms with Crippen LogP contribution in [0.15, 0.2) is 102 Å². The van der Waals surface area contributed by atoms with E-state index in [1.54, 1.807) is 29.0 Å². The summed E-state index contributed by atoms with van der Waals surface area (Å²) in [7, 11) is 0. The SMILES string of the molecule is CC1=C(C(N)=O)SC(c2ccncc2)N1c1cn2nc(-c3c(-c4ccc(F)cc4)nc4ccccn34)ccc2n1. The first-order chi connectivity index (χ1) is 19.5. The second-order valence-electron chi connectivity index (χ2n) is 9.26. The van der Waals surface area contributed by atoms with Crippen molar-refractivity contribution in [3.05, 3.63) is 114 Å². The van der Waals surface area contributed by atoms with Gasteiger partial charge in [-0.25, -0.2) is 18.9 Å². The first kappa shape index (κ1) is 24.0. The number of nitrogens with two attached hydrogens (primary N) is 1. The number of anilines is 1. The number of thioether (sulfide) groups is 1.